The average Bonchev–Trinajstić information content (AvgIpc) is 2.28. The third kappa shape index (κ3) is 4.10. The number of hydrogen-bond acceptors (Lipinski definition) is 3. The van der Waals surface area contributed by atoms with Gasteiger partial charge in [0.2, 0.25) is 5.91 Å². The van der Waals surface area contributed by atoms with Crippen LogP contribution in [0.5, 0.6) is 0 Å². The zero-order chi connectivity index (χ0) is 13.7. The normalized spacial score (nSPS) is 12.2. The summed E-state index contributed by atoms with van der Waals surface area (Å²) in [5.74, 6) is -0.106. The third-order valence-electron chi connectivity index (χ3n) is 2.44. The highest BCUT2D eigenvalue weighted by molar-refractivity contribution is 7.85. The monoisotopic (exact) mass is 272 g/mol. The Kier molecular flexibility index (Phi) is 5.27. The molecular formula is C12H17FN2O2S. The lowest BCUT2D eigenvalue weighted by Gasteiger charge is -2.10. The van der Waals surface area contributed by atoms with Gasteiger partial charge in [0, 0.05) is 26.3 Å². The van der Waals surface area contributed by atoms with E-state index >= 15 is 0 Å². The smallest absolute Gasteiger partial charge is 0.222 e. The first kappa shape index (κ1) is 14.6. The van der Waals surface area contributed by atoms with Crippen molar-refractivity contribution in [2.75, 3.05) is 25.6 Å². The molecule has 0 saturated heterocycles. The molecule has 1 aromatic rings. The van der Waals surface area contributed by atoms with Crippen LogP contribution in [0.1, 0.15) is 12.8 Å². The van der Waals surface area contributed by atoms with Crippen molar-refractivity contribution < 1.29 is 13.4 Å². The number of carbonyl (C=O) groups is 1. The summed E-state index contributed by atoms with van der Waals surface area (Å²) in [5.41, 5.74) is 5.78. The summed E-state index contributed by atoms with van der Waals surface area (Å²) in [6, 6.07) is 3.81. The zero-order valence-electron chi connectivity index (χ0n) is 10.5. The van der Waals surface area contributed by atoms with Crippen molar-refractivity contribution in [3.63, 3.8) is 0 Å². The molecule has 6 heteroatoms. The lowest BCUT2D eigenvalue weighted by molar-refractivity contribution is -0.128. The first-order chi connectivity index (χ1) is 8.41. The largest absolute Gasteiger partial charge is 0.398 e. The predicted molar refractivity (Wildman–Crippen MR) is 70.0 cm³/mol. The topological polar surface area (TPSA) is 63.4 Å². The van der Waals surface area contributed by atoms with E-state index in [-0.39, 0.29) is 11.6 Å². The fraction of sp³-hybridized carbons (Fsp3) is 0.417. The summed E-state index contributed by atoms with van der Waals surface area (Å²) in [6.07, 6.45) is 0.861. The number of nitrogen functional groups attached to an aromatic ring is 1. The number of halogens is 1. The van der Waals surface area contributed by atoms with Crippen molar-refractivity contribution in [3.8, 4) is 0 Å². The van der Waals surface area contributed by atoms with E-state index in [4.69, 9.17) is 5.73 Å². The lowest BCUT2D eigenvalue weighted by Crippen LogP contribution is -2.21. The minimum absolute atomic E-state index is 0.000854. The highest BCUT2D eigenvalue weighted by atomic mass is 32.2. The van der Waals surface area contributed by atoms with Crippen molar-refractivity contribution in [2.24, 2.45) is 0 Å². The molecule has 0 bridgehead atoms. The van der Waals surface area contributed by atoms with E-state index in [1.165, 1.54) is 17.0 Å². The van der Waals surface area contributed by atoms with Gasteiger partial charge in [0.15, 0.2) is 0 Å². The van der Waals surface area contributed by atoms with Crippen LogP contribution in [0.25, 0.3) is 0 Å². The molecule has 100 valence electrons. The summed E-state index contributed by atoms with van der Waals surface area (Å²) < 4.78 is 24.7. The molecule has 18 heavy (non-hydrogen) atoms. The van der Waals surface area contributed by atoms with Crippen LogP contribution in [0.3, 0.4) is 0 Å². The van der Waals surface area contributed by atoms with E-state index in [0.717, 1.165) is 6.07 Å². The molecular weight excluding hydrogens is 255 g/mol. The van der Waals surface area contributed by atoms with Gasteiger partial charge in [-0.3, -0.25) is 9.00 Å². The van der Waals surface area contributed by atoms with Crippen LogP contribution >= 0.6 is 0 Å². The number of carbonyl (C=O) groups excluding carboxylic acids is 1. The molecule has 0 aliphatic carbocycles. The lowest BCUT2D eigenvalue weighted by atomic mass is 10.3. The van der Waals surface area contributed by atoms with Gasteiger partial charge in [-0.15, -0.1) is 0 Å². The summed E-state index contributed by atoms with van der Waals surface area (Å²) >= 11 is 0. The number of benzene rings is 1. The molecule has 1 amide bonds. The minimum atomic E-state index is -1.30. The van der Waals surface area contributed by atoms with Crippen LogP contribution in [-0.2, 0) is 15.6 Å². The highest BCUT2D eigenvalue weighted by Gasteiger charge is 2.10. The van der Waals surface area contributed by atoms with Gasteiger partial charge >= 0.3 is 0 Å². The standard InChI is InChI=1S/C12H17FN2O2S/c1-15(2)12(16)4-3-7-18(17)11-6-5-9(13)8-10(11)14/h5-6,8H,3-4,7,14H2,1-2H3. The van der Waals surface area contributed by atoms with Crippen LogP contribution in [0, 0.1) is 5.82 Å². The molecule has 0 saturated carbocycles. The maximum absolute atomic E-state index is 12.8. The van der Waals surface area contributed by atoms with Gasteiger partial charge in [-0.1, -0.05) is 0 Å². The Morgan fingerprint density at radius 1 is 1.44 bits per heavy atom. The van der Waals surface area contributed by atoms with Gasteiger partial charge in [0.1, 0.15) is 5.82 Å². The van der Waals surface area contributed by atoms with Crippen LogP contribution in [0.15, 0.2) is 23.1 Å². The van der Waals surface area contributed by atoms with E-state index in [1.54, 1.807) is 14.1 Å². The van der Waals surface area contributed by atoms with Crippen LogP contribution in [0.2, 0.25) is 0 Å². The second kappa shape index (κ2) is 6.49. The molecule has 0 fully saturated rings. The number of anilines is 1. The van der Waals surface area contributed by atoms with E-state index in [0.29, 0.717) is 23.5 Å². The fourth-order valence-corrected chi connectivity index (χ4v) is 2.58. The number of hydrogen-bond donors (Lipinski definition) is 1. The molecule has 0 spiro atoms. The average molecular weight is 272 g/mol. The maximum Gasteiger partial charge on any atom is 0.222 e. The molecule has 4 nitrogen and oxygen atoms in total. The molecule has 1 rings (SSSR count). The number of rotatable bonds is 5. The van der Waals surface area contributed by atoms with Crippen molar-refractivity contribution in [1.29, 1.82) is 0 Å². The first-order valence-electron chi connectivity index (χ1n) is 5.55. The number of amides is 1. The predicted octanol–water partition coefficient (Wildman–Crippen LogP) is 1.38. The minimum Gasteiger partial charge on any atom is -0.398 e. The van der Waals surface area contributed by atoms with Crippen molar-refractivity contribution in [3.05, 3.63) is 24.0 Å². The van der Waals surface area contributed by atoms with Gasteiger partial charge in [-0.2, -0.15) is 0 Å². The maximum atomic E-state index is 12.8. The molecule has 0 heterocycles. The quantitative estimate of drug-likeness (QED) is 0.824. The second-order valence-electron chi connectivity index (χ2n) is 4.12. The number of nitrogens with zero attached hydrogens (tertiary/aromatic N) is 1. The van der Waals surface area contributed by atoms with E-state index in [9.17, 15) is 13.4 Å². The van der Waals surface area contributed by atoms with E-state index in [2.05, 4.69) is 0 Å². The molecule has 1 atom stereocenters. The fourth-order valence-electron chi connectivity index (χ4n) is 1.41. The molecule has 0 aliphatic heterocycles. The van der Waals surface area contributed by atoms with Crippen molar-refractivity contribution in [1.82, 2.24) is 4.90 Å². The van der Waals surface area contributed by atoms with E-state index < -0.39 is 16.6 Å². The van der Waals surface area contributed by atoms with Gasteiger partial charge < -0.3 is 10.6 Å². The third-order valence-corrected chi connectivity index (χ3v) is 3.96. The molecule has 2 N–H and O–H groups in total. The summed E-state index contributed by atoms with van der Waals surface area (Å²) in [6.45, 7) is 0. The van der Waals surface area contributed by atoms with Crippen LogP contribution < -0.4 is 5.73 Å². The Labute approximate surface area is 108 Å². The Bertz CT molecular complexity index is 463. The summed E-state index contributed by atoms with van der Waals surface area (Å²) in [7, 11) is 2.06. The molecule has 0 aliphatic rings. The summed E-state index contributed by atoms with van der Waals surface area (Å²) in [5, 5.41) is 0. The van der Waals surface area contributed by atoms with Crippen LogP contribution in [-0.4, -0.2) is 34.9 Å². The molecule has 1 aromatic carbocycles. The zero-order valence-corrected chi connectivity index (χ0v) is 11.3. The van der Waals surface area contributed by atoms with Crippen molar-refractivity contribution in [2.45, 2.75) is 17.7 Å². The first-order valence-corrected chi connectivity index (χ1v) is 6.87. The van der Waals surface area contributed by atoms with Gasteiger partial charge in [0.05, 0.1) is 21.4 Å². The van der Waals surface area contributed by atoms with Crippen LogP contribution in [0.4, 0.5) is 10.1 Å². The van der Waals surface area contributed by atoms with Crippen molar-refractivity contribution >= 4 is 22.4 Å². The molecule has 0 radical (unpaired) electrons. The second-order valence-corrected chi connectivity index (χ2v) is 5.66. The Morgan fingerprint density at radius 2 is 2.11 bits per heavy atom. The SMILES string of the molecule is CN(C)C(=O)CCCS(=O)c1ccc(F)cc1N. The Morgan fingerprint density at radius 3 is 2.67 bits per heavy atom. The number of nitrogens with two attached hydrogens (primary N) is 1. The molecule has 1 unspecified atom stereocenters. The summed E-state index contributed by atoms with van der Waals surface area (Å²) in [4.78, 5) is 13.2. The van der Waals surface area contributed by atoms with Gasteiger partial charge in [-0.25, -0.2) is 4.39 Å². The Balaban J connectivity index is 2.53. The molecule has 0 aromatic heterocycles. The highest BCUT2D eigenvalue weighted by Crippen LogP contribution is 2.18. The Hall–Kier alpha value is -1.43. The van der Waals surface area contributed by atoms with Gasteiger partial charge in [-0.05, 0) is 24.6 Å². The van der Waals surface area contributed by atoms with Gasteiger partial charge in [0.25, 0.3) is 0 Å². The van der Waals surface area contributed by atoms with E-state index in [1.807, 2.05) is 0 Å².